The van der Waals surface area contributed by atoms with Gasteiger partial charge in [-0.05, 0) is 29.7 Å². The summed E-state index contributed by atoms with van der Waals surface area (Å²) in [6.07, 6.45) is 0. The predicted molar refractivity (Wildman–Crippen MR) is 61.5 cm³/mol. The van der Waals surface area contributed by atoms with E-state index in [0.717, 1.165) is 11.5 Å². The van der Waals surface area contributed by atoms with Gasteiger partial charge in [0.1, 0.15) is 11.5 Å². The molecule has 0 aliphatic carbocycles. The molecule has 2 rings (SSSR count). The molecule has 0 atom stereocenters. The number of hydrogen-bond acceptors (Lipinski definition) is 5. The van der Waals surface area contributed by atoms with Gasteiger partial charge in [0.05, 0.1) is 5.69 Å². The fraction of sp³-hybridized carbons (Fsp3) is 0.0909. The summed E-state index contributed by atoms with van der Waals surface area (Å²) < 4.78 is 9.25. The summed E-state index contributed by atoms with van der Waals surface area (Å²) in [5.74, 6) is -0.616. The van der Waals surface area contributed by atoms with Crippen LogP contribution in [0.25, 0.3) is 0 Å². The Morgan fingerprint density at radius 1 is 1.41 bits per heavy atom. The minimum absolute atomic E-state index is 0.0428. The lowest BCUT2D eigenvalue weighted by atomic mass is 10.3. The zero-order valence-corrected chi connectivity index (χ0v) is 9.48. The zero-order chi connectivity index (χ0) is 12.3. The van der Waals surface area contributed by atoms with Crippen molar-refractivity contribution >= 4 is 17.5 Å². The summed E-state index contributed by atoms with van der Waals surface area (Å²) in [5, 5.41) is 18.2. The van der Waals surface area contributed by atoms with E-state index in [-0.39, 0.29) is 17.2 Å². The highest BCUT2D eigenvalue weighted by Gasteiger charge is 2.09. The summed E-state index contributed by atoms with van der Waals surface area (Å²) in [6, 6.07) is 8.01. The third-order valence-corrected chi connectivity index (χ3v) is 2.83. The molecule has 0 saturated heterocycles. The molecule has 1 heterocycles. The second-order valence-corrected chi connectivity index (χ2v) is 4.05. The Balaban J connectivity index is 2.02. The number of benzene rings is 1. The minimum Gasteiger partial charge on any atom is -0.504 e. The Morgan fingerprint density at radius 2 is 2.18 bits per heavy atom. The number of carbonyl (C=O) groups is 1. The topological polar surface area (TPSA) is 79.7 Å². The van der Waals surface area contributed by atoms with Crippen molar-refractivity contribution in [3.05, 3.63) is 40.9 Å². The Hall–Kier alpha value is -2.08. The number of aromatic carboxylic acids is 1. The fourth-order valence-electron chi connectivity index (χ4n) is 1.21. The van der Waals surface area contributed by atoms with Crippen LogP contribution in [-0.2, 0) is 6.61 Å². The molecular formula is C11H9NO4S. The van der Waals surface area contributed by atoms with E-state index in [0.29, 0.717) is 11.4 Å². The van der Waals surface area contributed by atoms with E-state index in [1.807, 2.05) is 0 Å². The van der Waals surface area contributed by atoms with Crippen LogP contribution in [0.5, 0.6) is 11.5 Å². The SMILES string of the molecule is O=C(O)c1cc(COc2ccccc2O)ns1. The number of phenolic OH excluding ortho intramolecular Hbond substituents is 1. The maximum absolute atomic E-state index is 10.6. The van der Waals surface area contributed by atoms with Crippen LogP contribution in [-0.4, -0.2) is 20.6 Å². The Morgan fingerprint density at radius 3 is 2.82 bits per heavy atom. The number of carboxylic acids is 1. The van der Waals surface area contributed by atoms with Gasteiger partial charge in [0.25, 0.3) is 0 Å². The Bertz CT molecular complexity index is 538. The van der Waals surface area contributed by atoms with Gasteiger partial charge in [-0.15, -0.1) is 0 Å². The van der Waals surface area contributed by atoms with Gasteiger partial charge in [-0.1, -0.05) is 12.1 Å². The zero-order valence-electron chi connectivity index (χ0n) is 8.66. The summed E-state index contributed by atoms with van der Waals surface area (Å²) in [4.78, 5) is 10.8. The first-order valence-corrected chi connectivity index (χ1v) is 5.54. The highest BCUT2D eigenvalue weighted by molar-refractivity contribution is 7.08. The lowest BCUT2D eigenvalue weighted by molar-refractivity contribution is 0.0702. The van der Waals surface area contributed by atoms with Crippen LogP contribution in [0.3, 0.4) is 0 Å². The van der Waals surface area contributed by atoms with Gasteiger partial charge in [0.15, 0.2) is 11.5 Å². The number of nitrogens with zero attached hydrogens (tertiary/aromatic N) is 1. The average molecular weight is 251 g/mol. The number of para-hydroxylation sites is 2. The van der Waals surface area contributed by atoms with Crippen LogP contribution < -0.4 is 4.74 Å². The van der Waals surface area contributed by atoms with E-state index < -0.39 is 5.97 Å². The van der Waals surface area contributed by atoms with Gasteiger partial charge in [-0.3, -0.25) is 0 Å². The third kappa shape index (κ3) is 2.73. The van der Waals surface area contributed by atoms with Gasteiger partial charge in [0.2, 0.25) is 0 Å². The molecule has 1 aromatic carbocycles. The molecule has 17 heavy (non-hydrogen) atoms. The largest absolute Gasteiger partial charge is 0.504 e. The second-order valence-electron chi connectivity index (χ2n) is 3.24. The first kappa shape index (κ1) is 11.4. The van der Waals surface area contributed by atoms with Crippen LogP contribution in [0, 0.1) is 0 Å². The quantitative estimate of drug-likeness (QED) is 0.870. The van der Waals surface area contributed by atoms with E-state index >= 15 is 0 Å². The molecule has 0 saturated carbocycles. The van der Waals surface area contributed by atoms with Crippen molar-refractivity contribution in [1.82, 2.24) is 4.37 Å². The predicted octanol–water partition coefficient (Wildman–Crippen LogP) is 2.13. The molecule has 1 aromatic heterocycles. The van der Waals surface area contributed by atoms with Crippen molar-refractivity contribution in [2.24, 2.45) is 0 Å². The number of rotatable bonds is 4. The third-order valence-electron chi connectivity index (χ3n) is 2.01. The normalized spacial score (nSPS) is 10.1. The Kier molecular flexibility index (Phi) is 3.24. The molecule has 0 bridgehead atoms. The summed E-state index contributed by atoms with van der Waals surface area (Å²) in [6.45, 7) is 0.126. The number of phenols is 1. The molecule has 6 heteroatoms. The average Bonchev–Trinajstić information content (AvgIpc) is 2.77. The number of aromatic hydroxyl groups is 1. The molecule has 0 spiro atoms. The molecule has 88 valence electrons. The Labute approximate surface area is 101 Å². The molecule has 2 N–H and O–H groups in total. The van der Waals surface area contributed by atoms with E-state index in [1.54, 1.807) is 18.2 Å². The van der Waals surface area contributed by atoms with Gasteiger partial charge in [-0.2, -0.15) is 4.37 Å². The van der Waals surface area contributed by atoms with Crippen LogP contribution >= 0.6 is 11.5 Å². The van der Waals surface area contributed by atoms with Crippen molar-refractivity contribution in [2.45, 2.75) is 6.61 Å². The lowest BCUT2D eigenvalue weighted by Gasteiger charge is -2.05. The molecule has 5 nitrogen and oxygen atoms in total. The maximum atomic E-state index is 10.6. The highest BCUT2D eigenvalue weighted by atomic mass is 32.1. The van der Waals surface area contributed by atoms with Gasteiger partial charge in [0, 0.05) is 0 Å². The summed E-state index contributed by atoms with van der Waals surface area (Å²) in [7, 11) is 0. The van der Waals surface area contributed by atoms with Crippen molar-refractivity contribution in [3.8, 4) is 11.5 Å². The number of carboxylic acid groups (broad SMARTS) is 1. The smallest absolute Gasteiger partial charge is 0.347 e. The van der Waals surface area contributed by atoms with Crippen molar-refractivity contribution in [1.29, 1.82) is 0 Å². The van der Waals surface area contributed by atoms with E-state index in [9.17, 15) is 9.90 Å². The number of ether oxygens (including phenoxy) is 1. The van der Waals surface area contributed by atoms with Crippen LogP contribution in [0.1, 0.15) is 15.4 Å². The van der Waals surface area contributed by atoms with Gasteiger partial charge < -0.3 is 14.9 Å². The monoisotopic (exact) mass is 251 g/mol. The number of aromatic nitrogens is 1. The van der Waals surface area contributed by atoms with Gasteiger partial charge >= 0.3 is 5.97 Å². The van der Waals surface area contributed by atoms with Crippen LogP contribution in [0.4, 0.5) is 0 Å². The molecule has 0 aliphatic rings. The van der Waals surface area contributed by atoms with Crippen molar-refractivity contribution < 1.29 is 19.7 Å². The lowest BCUT2D eigenvalue weighted by Crippen LogP contribution is -1.96. The highest BCUT2D eigenvalue weighted by Crippen LogP contribution is 2.25. The molecule has 2 aromatic rings. The summed E-state index contributed by atoms with van der Waals surface area (Å²) >= 11 is 0.905. The molecule has 0 radical (unpaired) electrons. The van der Waals surface area contributed by atoms with E-state index in [1.165, 1.54) is 12.1 Å². The van der Waals surface area contributed by atoms with Crippen molar-refractivity contribution in [3.63, 3.8) is 0 Å². The molecular weight excluding hydrogens is 242 g/mol. The van der Waals surface area contributed by atoms with Crippen LogP contribution in [0.2, 0.25) is 0 Å². The van der Waals surface area contributed by atoms with Crippen LogP contribution in [0.15, 0.2) is 30.3 Å². The molecule has 0 unspecified atom stereocenters. The molecule has 0 aliphatic heterocycles. The minimum atomic E-state index is -1.00. The molecule has 0 fully saturated rings. The van der Waals surface area contributed by atoms with Gasteiger partial charge in [-0.25, -0.2) is 4.79 Å². The van der Waals surface area contributed by atoms with E-state index in [2.05, 4.69) is 4.37 Å². The first-order chi connectivity index (χ1) is 8.16. The van der Waals surface area contributed by atoms with E-state index in [4.69, 9.17) is 9.84 Å². The maximum Gasteiger partial charge on any atom is 0.347 e. The standard InChI is InChI=1S/C11H9NO4S/c13-8-3-1-2-4-9(8)16-6-7-5-10(11(14)15)17-12-7/h1-5,13H,6H2,(H,14,15). The molecule has 0 amide bonds. The first-order valence-electron chi connectivity index (χ1n) is 4.76. The fourth-order valence-corrected chi connectivity index (χ4v) is 1.80. The summed E-state index contributed by atoms with van der Waals surface area (Å²) in [5.41, 5.74) is 0.524. The number of hydrogen-bond donors (Lipinski definition) is 2. The van der Waals surface area contributed by atoms with Crippen molar-refractivity contribution in [2.75, 3.05) is 0 Å². The second kappa shape index (κ2) is 4.84.